The summed E-state index contributed by atoms with van der Waals surface area (Å²) in [6, 6.07) is 5.86. The van der Waals surface area contributed by atoms with Gasteiger partial charge in [0.15, 0.2) is 0 Å². The van der Waals surface area contributed by atoms with Gasteiger partial charge in [0.1, 0.15) is 0 Å². The molecule has 1 aliphatic rings. The summed E-state index contributed by atoms with van der Waals surface area (Å²) >= 11 is 0. The monoisotopic (exact) mass is 261 g/mol. The van der Waals surface area contributed by atoms with Crippen LogP contribution in [0.4, 0.5) is 0 Å². The Bertz CT molecular complexity index is 474. The largest absolute Gasteiger partial charge is 0.339 e. The number of rotatable bonds is 3. The maximum Gasteiger partial charge on any atom is 0.230 e. The van der Waals surface area contributed by atoms with Crippen LogP contribution in [0.1, 0.15) is 37.6 Å². The molecule has 0 bridgehead atoms. The molecule has 2 rings (SSSR count). The lowest BCUT2D eigenvalue weighted by atomic mass is 9.83. The normalized spacial score (nSPS) is 26.4. The van der Waals surface area contributed by atoms with Gasteiger partial charge in [-0.15, -0.1) is 0 Å². The summed E-state index contributed by atoms with van der Waals surface area (Å²) in [5, 5.41) is 0. The van der Waals surface area contributed by atoms with Crippen molar-refractivity contribution in [3.63, 3.8) is 0 Å². The van der Waals surface area contributed by atoms with E-state index in [4.69, 9.17) is 5.73 Å². The van der Waals surface area contributed by atoms with E-state index in [1.165, 1.54) is 0 Å². The minimum atomic E-state index is -0.404. The number of aromatic nitrogens is 1. The van der Waals surface area contributed by atoms with Crippen LogP contribution < -0.4 is 5.73 Å². The van der Waals surface area contributed by atoms with Gasteiger partial charge in [-0.3, -0.25) is 9.78 Å². The van der Waals surface area contributed by atoms with E-state index in [0.717, 1.165) is 30.7 Å². The first kappa shape index (κ1) is 14.0. The van der Waals surface area contributed by atoms with Crippen molar-refractivity contribution in [2.75, 3.05) is 7.05 Å². The Morgan fingerprint density at radius 3 is 2.89 bits per heavy atom. The summed E-state index contributed by atoms with van der Waals surface area (Å²) in [4.78, 5) is 18.8. The Morgan fingerprint density at radius 2 is 2.32 bits per heavy atom. The molecule has 1 amide bonds. The lowest BCUT2D eigenvalue weighted by Gasteiger charge is -2.32. The first-order chi connectivity index (χ1) is 8.93. The standard InChI is InChI=1S/C15H23N3O/c1-11-6-4-7-12(17-11)10-18(3)14(19)15(2)9-5-8-13(15)16/h4,6-7,13H,5,8-10,16H2,1-3H3. The van der Waals surface area contributed by atoms with Gasteiger partial charge in [0.25, 0.3) is 0 Å². The van der Waals surface area contributed by atoms with Crippen LogP contribution in [0.15, 0.2) is 18.2 Å². The summed E-state index contributed by atoms with van der Waals surface area (Å²) in [5.41, 5.74) is 7.60. The number of carbonyl (C=O) groups excluding carboxylic acids is 1. The molecule has 1 aromatic rings. The lowest BCUT2D eigenvalue weighted by molar-refractivity contribution is -0.140. The molecule has 104 valence electrons. The number of hydrogen-bond acceptors (Lipinski definition) is 3. The van der Waals surface area contributed by atoms with Crippen LogP contribution in [0.25, 0.3) is 0 Å². The van der Waals surface area contributed by atoms with Crippen LogP contribution in [0.2, 0.25) is 0 Å². The van der Waals surface area contributed by atoms with Crippen molar-refractivity contribution in [2.45, 2.75) is 45.7 Å². The fourth-order valence-electron chi connectivity index (χ4n) is 2.90. The molecule has 0 aromatic carbocycles. The number of nitrogens with two attached hydrogens (primary N) is 1. The number of hydrogen-bond donors (Lipinski definition) is 1. The van der Waals surface area contributed by atoms with Crippen molar-refractivity contribution in [1.29, 1.82) is 0 Å². The molecule has 19 heavy (non-hydrogen) atoms. The van der Waals surface area contributed by atoms with E-state index >= 15 is 0 Å². The third-order valence-electron chi connectivity index (χ3n) is 4.21. The summed E-state index contributed by atoms with van der Waals surface area (Å²) in [7, 11) is 1.84. The van der Waals surface area contributed by atoms with Gasteiger partial charge in [0.2, 0.25) is 5.91 Å². The van der Waals surface area contributed by atoms with Gasteiger partial charge in [0.05, 0.1) is 17.7 Å². The highest BCUT2D eigenvalue weighted by Gasteiger charge is 2.44. The summed E-state index contributed by atoms with van der Waals surface area (Å²) in [5.74, 6) is 0.140. The van der Waals surface area contributed by atoms with E-state index in [9.17, 15) is 4.79 Å². The Labute approximate surface area is 115 Å². The zero-order valence-electron chi connectivity index (χ0n) is 12.0. The number of nitrogens with zero attached hydrogens (tertiary/aromatic N) is 2. The van der Waals surface area contributed by atoms with Gasteiger partial charge >= 0.3 is 0 Å². The van der Waals surface area contributed by atoms with Crippen molar-refractivity contribution < 1.29 is 4.79 Å². The topological polar surface area (TPSA) is 59.2 Å². The molecule has 2 atom stereocenters. The molecule has 0 saturated heterocycles. The van der Waals surface area contributed by atoms with Gasteiger partial charge in [-0.25, -0.2) is 0 Å². The Morgan fingerprint density at radius 1 is 1.58 bits per heavy atom. The van der Waals surface area contributed by atoms with Crippen molar-refractivity contribution in [3.8, 4) is 0 Å². The second-order valence-corrected chi connectivity index (χ2v) is 5.85. The zero-order chi connectivity index (χ0) is 14.0. The second kappa shape index (κ2) is 5.29. The Hall–Kier alpha value is -1.42. The molecule has 1 aliphatic carbocycles. The highest BCUT2D eigenvalue weighted by Crippen LogP contribution is 2.38. The van der Waals surface area contributed by atoms with Gasteiger partial charge < -0.3 is 10.6 Å². The molecule has 1 heterocycles. The minimum absolute atomic E-state index is 0.0204. The van der Waals surface area contributed by atoms with E-state index in [1.54, 1.807) is 4.90 Å². The minimum Gasteiger partial charge on any atom is -0.339 e. The lowest BCUT2D eigenvalue weighted by Crippen LogP contribution is -2.47. The van der Waals surface area contributed by atoms with Crippen LogP contribution >= 0.6 is 0 Å². The van der Waals surface area contributed by atoms with Crippen LogP contribution in [0, 0.1) is 12.3 Å². The molecule has 2 N–H and O–H groups in total. The van der Waals surface area contributed by atoms with Gasteiger partial charge in [0, 0.05) is 18.8 Å². The van der Waals surface area contributed by atoms with E-state index in [-0.39, 0.29) is 11.9 Å². The zero-order valence-corrected chi connectivity index (χ0v) is 12.0. The highest BCUT2D eigenvalue weighted by molar-refractivity contribution is 5.83. The number of aryl methyl sites for hydroxylation is 1. The van der Waals surface area contributed by atoms with Crippen LogP contribution in [-0.4, -0.2) is 28.9 Å². The average molecular weight is 261 g/mol. The quantitative estimate of drug-likeness (QED) is 0.903. The van der Waals surface area contributed by atoms with Crippen molar-refractivity contribution in [3.05, 3.63) is 29.6 Å². The maximum absolute atomic E-state index is 12.6. The number of carbonyl (C=O) groups is 1. The molecule has 0 spiro atoms. The molecule has 4 heteroatoms. The average Bonchev–Trinajstić information content (AvgIpc) is 2.70. The van der Waals surface area contributed by atoms with Gasteiger partial charge in [-0.1, -0.05) is 12.5 Å². The molecule has 2 unspecified atom stereocenters. The predicted molar refractivity (Wildman–Crippen MR) is 75.4 cm³/mol. The van der Waals surface area contributed by atoms with Crippen molar-refractivity contribution in [2.24, 2.45) is 11.1 Å². The number of pyridine rings is 1. The Balaban J connectivity index is 2.07. The number of amides is 1. The first-order valence-electron chi connectivity index (χ1n) is 6.87. The predicted octanol–water partition coefficient (Wildman–Crippen LogP) is 1.87. The van der Waals surface area contributed by atoms with Crippen molar-refractivity contribution in [1.82, 2.24) is 9.88 Å². The molecule has 4 nitrogen and oxygen atoms in total. The summed E-state index contributed by atoms with van der Waals surface area (Å²) < 4.78 is 0. The van der Waals surface area contributed by atoms with E-state index < -0.39 is 5.41 Å². The fraction of sp³-hybridized carbons (Fsp3) is 0.600. The van der Waals surface area contributed by atoms with E-state index in [0.29, 0.717) is 6.54 Å². The maximum atomic E-state index is 12.6. The van der Waals surface area contributed by atoms with Crippen LogP contribution in [-0.2, 0) is 11.3 Å². The third-order valence-corrected chi connectivity index (χ3v) is 4.21. The molecule has 1 fully saturated rings. The fourth-order valence-corrected chi connectivity index (χ4v) is 2.90. The summed E-state index contributed by atoms with van der Waals surface area (Å²) in [6.07, 6.45) is 2.87. The SMILES string of the molecule is Cc1cccc(CN(C)C(=O)C2(C)CCCC2N)n1. The van der Waals surface area contributed by atoms with Gasteiger partial charge in [-0.2, -0.15) is 0 Å². The Kier molecular flexibility index (Phi) is 3.90. The summed E-state index contributed by atoms with van der Waals surface area (Å²) in [6.45, 7) is 4.50. The van der Waals surface area contributed by atoms with Crippen molar-refractivity contribution >= 4 is 5.91 Å². The molecule has 1 aromatic heterocycles. The van der Waals surface area contributed by atoms with E-state index in [1.807, 2.05) is 39.1 Å². The third kappa shape index (κ3) is 2.78. The second-order valence-electron chi connectivity index (χ2n) is 5.85. The van der Waals surface area contributed by atoms with Gasteiger partial charge in [-0.05, 0) is 38.8 Å². The molecule has 1 saturated carbocycles. The van der Waals surface area contributed by atoms with Crippen LogP contribution in [0.3, 0.4) is 0 Å². The van der Waals surface area contributed by atoms with E-state index in [2.05, 4.69) is 4.98 Å². The first-order valence-corrected chi connectivity index (χ1v) is 6.87. The van der Waals surface area contributed by atoms with Crippen LogP contribution in [0.5, 0.6) is 0 Å². The molecule has 0 radical (unpaired) electrons. The molecular formula is C15H23N3O. The molecular weight excluding hydrogens is 238 g/mol. The smallest absolute Gasteiger partial charge is 0.230 e. The molecule has 0 aliphatic heterocycles. The highest BCUT2D eigenvalue weighted by atomic mass is 16.2.